The Morgan fingerprint density at radius 2 is 1.90 bits per heavy atom. The second-order valence-corrected chi connectivity index (χ2v) is 5.24. The molecule has 2 aromatic carbocycles. The number of carboxylic acid groups (broad SMARTS) is 1. The summed E-state index contributed by atoms with van der Waals surface area (Å²) < 4.78 is 0. The van der Waals surface area contributed by atoms with Crippen LogP contribution in [0, 0.1) is 0 Å². The van der Waals surface area contributed by atoms with Crippen molar-refractivity contribution >= 4 is 22.4 Å². The smallest absolute Gasteiger partial charge is 0.336 e. The molecule has 0 unspecified atom stereocenters. The Hall–Kier alpha value is -2.29. The van der Waals surface area contributed by atoms with Gasteiger partial charge in [0.15, 0.2) is 0 Å². The molecule has 0 fully saturated rings. The van der Waals surface area contributed by atoms with Gasteiger partial charge in [-0.15, -0.1) is 0 Å². The van der Waals surface area contributed by atoms with Gasteiger partial charge >= 0.3 is 5.97 Å². The molecule has 3 heteroatoms. The quantitative estimate of drug-likeness (QED) is 0.843. The molecule has 1 aliphatic heterocycles. The Kier molecular flexibility index (Phi) is 3.18. The van der Waals surface area contributed by atoms with Crippen LogP contribution in [-0.2, 0) is 0 Å². The second kappa shape index (κ2) is 5.00. The van der Waals surface area contributed by atoms with Crippen molar-refractivity contribution in [3.8, 4) is 0 Å². The molecule has 0 radical (unpaired) electrons. The van der Waals surface area contributed by atoms with Gasteiger partial charge in [-0.25, -0.2) is 4.79 Å². The van der Waals surface area contributed by atoms with Crippen LogP contribution in [0.1, 0.15) is 23.7 Å². The van der Waals surface area contributed by atoms with Crippen molar-refractivity contribution < 1.29 is 9.90 Å². The van der Waals surface area contributed by atoms with Gasteiger partial charge in [0.1, 0.15) is 0 Å². The predicted octanol–water partition coefficient (Wildman–Crippen LogP) is 3.69. The molecule has 0 saturated heterocycles. The molecule has 3 nitrogen and oxygen atoms in total. The molecule has 102 valence electrons. The molecular weight excluding hydrogens is 250 g/mol. The number of fused-ring (bicyclic) bond motifs is 1. The van der Waals surface area contributed by atoms with Crippen LogP contribution in [0.5, 0.6) is 0 Å². The zero-order chi connectivity index (χ0) is 14.1. The van der Waals surface area contributed by atoms with Crippen molar-refractivity contribution in [2.45, 2.75) is 13.3 Å². The van der Waals surface area contributed by atoms with Gasteiger partial charge in [0, 0.05) is 24.2 Å². The number of aromatic carboxylic acids is 1. The van der Waals surface area contributed by atoms with Crippen LogP contribution in [0.25, 0.3) is 10.8 Å². The average Bonchev–Trinajstić information content (AvgIpc) is 2.46. The number of hydrogen-bond acceptors (Lipinski definition) is 2. The van der Waals surface area contributed by atoms with E-state index in [-0.39, 0.29) is 0 Å². The minimum Gasteiger partial charge on any atom is -0.478 e. The minimum atomic E-state index is -0.873. The minimum absolute atomic E-state index is 0.369. The standard InChI is InChI=1S/C17H17NO2/c1-12-5-4-10-18(11-12)16-9-8-15(17(19)20)13-6-2-3-7-14(13)16/h2-3,5-9H,4,10-11H2,1H3,(H,19,20). The normalized spacial score (nSPS) is 15.2. The Balaban J connectivity index is 2.15. The third-order valence-corrected chi connectivity index (χ3v) is 3.80. The summed E-state index contributed by atoms with van der Waals surface area (Å²) in [4.78, 5) is 13.7. The van der Waals surface area contributed by atoms with E-state index in [1.165, 1.54) is 5.57 Å². The highest BCUT2D eigenvalue weighted by Gasteiger charge is 2.16. The molecule has 0 atom stereocenters. The maximum atomic E-state index is 11.3. The third kappa shape index (κ3) is 2.16. The summed E-state index contributed by atoms with van der Waals surface area (Å²) in [5.74, 6) is -0.873. The topological polar surface area (TPSA) is 40.5 Å². The Bertz CT molecular complexity index is 703. The Labute approximate surface area is 118 Å². The lowest BCUT2D eigenvalue weighted by atomic mass is 10.0. The number of benzene rings is 2. The first kappa shape index (κ1) is 12.7. The van der Waals surface area contributed by atoms with Crippen LogP contribution < -0.4 is 4.90 Å². The van der Waals surface area contributed by atoms with E-state index in [9.17, 15) is 9.90 Å². The monoisotopic (exact) mass is 267 g/mol. The first-order chi connectivity index (χ1) is 9.66. The predicted molar refractivity (Wildman–Crippen MR) is 81.5 cm³/mol. The molecule has 0 spiro atoms. The first-order valence-electron chi connectivity index (χ1n) is 6.82. The molecule has 0 bridgehead atoms. The van der Waals surface area contributed by atoms with Gasteiger partial charge in [-0.1, -0.05) is 35.9 Å². The molecule has 3 rings (SSSR count). The summed E-state index contributed by atoms with van der Waals surface area (Å²) in [5, 5.41) is 11.1. The number of carboxylic acids is 1. The van der Waals surface area contributed by atoms with Crippen molar-refractivity contribution in [1.82, 2.24) is 0 Å². The summed E-state index contributed by atoms with van der Waals surface area (Å²) in [5.41, 5.74) is 2.86. The zero-order valence-electron chi connectivity index (χ0n) is 11.5. The summed E-state index contributed by atoms with van der Waals surface area (Å²) in [6, 6.07) is 11.4. The highest BCUT2D eigenvalue weighted by atomic mass is 16.4. The van der Waals surface area contributed by atoms with Crippen LogP contribution >= 0.6 is 0 Å². The SMILES string of the molecule is CC1=CCCN(c2ccc(C(=O)O)c3ccccc23)C1. The number of nitrogens with zero attached hydrogens (tertiary/aromatic N) is 1. The van der Waals surface area contributed by atoms with Crippen molar-refractivity contribution in [3.63, 3.8) is 0 Å². The van der Waals surface area contributed by atoms with Gasteiger partial charge < -0.3 is 10.0 Å². The van der Waals surface area contributed by atoms with Crippen LogP contribution in [0.15, 0.2) is 48.0 Å². The average molecular weight is 267 g/mol. The van der Waals surface area contributed by atoms with E-state index in [4.69, 9.17) is 0 Å². The highest BCUT2D eigenvalue weighted by molar-refractivity contribution is 6.07. The molecule has 1 N–H and O–H groups in total. The molecule has 1 aliphatic rings. The van der Waals surface area contributed by atoms with E-state index < -0.39 is 5.97 Å². The molecule has 0 saturated carbocycles. The fourth-order valence-corrected chi connectivity index (χ4v) is 2.86. The van der Waals surface area contributed by atoms with Crippen molar-refractivity contribution in [2.75, 3.05) is 18.0 Å². The molecule has 1 heterocycles. The zero-order valence-corrected chi connectivity index (χ0v) is 11.5. The summed E-state index contributed by atoms with van der Waals surface area (Å²) >= 11 is 0. The third-order valence-electron chi connectivity index (χ3n) is 3.80. The molecule has 0 amide bonds. The second-order valence-electron chi connectivity index (χ2n) is 5.24. The summed E-state index contributed by atoms with van der Waals surface area (Å²) in [7, 11) is 0. The van der Waals surface area contributed by atoms with Gasteiger partial charge in [-0.05, 0) is 30.9 Å². The van der Waals surface area contributed by atoms with Gasteiger partial charge in [-0.2, -0.15) is 0 Å². The lowest BCUT2D eigenvalue weighted by Crippen LogP contribution is -2.29. The molecule has 2 aromatic rings. The maximum Gasteiger partial charge on any atom is 0.336 e. The lowest BCUT2D eigenvalue weighted by molar-refractivity contribution is 0.0699. The van der Waals surface area contributed by atoms with E-state index in [2.05, 4.69) is 17.9 Å². The van der Waals surface area contributed by atoms with Crippen molar-refractivity contribution in [1.29, 1.82) is 0 Å². The molecule has 0 aliphatic carbocycles. The number of hydrogen-bond donors (Lipinski definition) is 1. The maximum absolute atomic E-state index is 11.3. The van der Waals surface area contributed by atoms with Crippen LogP contribution in [0.2, 0.25) is 0 Å². The first-order valence-corrected chi connectivity index (χ1v) is 6.82. The lowest BCUT2D eigenvalue weighted by Gasteiger charge is -2.29. The van der Waals surface area contributed by atoms with Crippen molar-refractivity contribution in [2.24, 2.45) is 0 Å². The fraction of sp³-hybridized carbons (Fsp3) is 0.235. The Morgan fingerprint density at radius 1 is 1.15 bits per heavy atom. The largest absolute Gasteiger partial charge is 0.478 e. The van der Waals surface area contributed by atoms with Crippen molar-refractivity contribution in [3.05, 3.63) is 53.6 Å². The number of carbonyl (C=O) groups is 1. The van der Waals surface area contributed by atoms with Gasteiger partial charge in [-0.3, -0.25) is 0 Å². The van der Waals surface area contributed by atoms with E-state index in [1.807, 2.05) is 30.3 Å². The van der Waals surface area contributed by atoms with Gasteiger partial charge in [0.25, 0.3) is 0 Å². The molecule has 20 heavy (non-hydrogen) atoms. The van der Waals surface area contributed by atoms with E-state index in [0.29, 0.717) is 5.56 Å². The van der Waals surface area contributed by atoms with Crippen LogP contribution in [-0.4, -0.2) is 24.2 Å². The molecular formula is C17H17NO2. The highest BCUT2D eigenvalue weighted by Crippen LogP contribution is 2.31. The van der Waals surface area contributed by atoms with Gasteiger partial charge in [0.05, 0.1) is 5.56 Å². The number of anilines is 1. The van der Waals surface area contributed by atoms with Crippen LogP contribution in [0.4, 0.5) is 5.69 Å². The van der Waals surface area contributed by atoms with E-state index in [0.717, 1.165) is 36.0 Å². The summed E-state index contributed by atoms with van der Waals surface area (Å²) in [6.45, 7) is 4.03. The Morgan fingerprint density at radius 3 is 2.60 bits per heavy atom. The van der Waals surface area contributed by atoms with Gasteiger partial charge in [0.2, 0.25) is 0 Å². The fourth-order valence-electron chi connectivity index (χ4n) is 2.86. The summed E-state index contributed by atoms with van der Waals surface area (Å²) in [6.07, 6.45) is 3.31. The van der Waals surface area contributed by atoms with Crippen LogP contribution in [0.3, 0.4) is 0 Å². The molecule has 0 aromatic heterocycles. The van der Waals surface area contributed by atoms with E-state index in [1.54, 1.807) is 6.07 Å². The van der Waals surface area contributed by atoms with E-state index >= 15 is 0 Å². The number of rotatable bonds is 2.